The second kappa shape index (κ2) is 10.3. The highest BCUT2D eigenvalue weighted by Crippen LogP contribution is 2.37. The Morgan fingerprint density at radius 2 is 2.17 bits per heavy atom. The van der Waals surface area contributed by atoms with Gasteiger partial charge in [0.05, 0.1) is 12.5 Å². The summed E-state index contributed by atoms with van der Waals surface area (Å²) in [5.74, 6) is -1.94. The van der Waals surface area contributed by atoms with E-state index in [1.54, 1.807) is 39.0 Å². The lowest BCUT2D eigenvalue weighted by Gasteiger charge is -2.33. The molecule has 1 aliphatic heterocycles. The third-order valence-electron chi connectivity index (χ3n) is 5.17. The summed E-state index contributed by atoms with van der Waals surface area (Å²) in [7, 11) is 0. The summed E-state index contributed by atoms with van der Waals surface area (Å²) in [6.07, 6.45) is 3.96. The van der Waals surface area contributed by atoms with Crippen molar-refractivity contribution in [3.05, 3.63) is 47.1 Å². The topological polar surface area (TPSA) is 99.1 Å². The molecule has 0 amide bonds. The SMILES string of the molecule is C=C1C(=O)O[C@@H]2C=C(CO)CC/C=C(\C=O)[C@H](OCC)[C@@H](OC(=O)/C(C)=C\C)[C@@H]12. The number of allylic oxidation sites excluding steroid dienone is 2. The number of ether oxygens (including phenoxy) is 3. The average molecular weight is 404 g/mol. The summed E-state index contributed by atoms with van der Waals surface area (Å²) < 4.78 is 17.0. The van der Waals surface area contributed by atoms with Crippen LogP contribution in [0.5, 0.6) is 0 Å². The van der Waals surface area contributed by atoms with E-state index in [0.29, 0.717) is 35.8 Å². The van der Waals surface area contributed by atoms with E-state index >= 15 is 0 Å². The van der Waals surface area contributed by atoms with Gasteiger partial charge in [0.15, 0.2) is 0 Å². The molecule has 0 spiro atoms. The second-order valence-electron chi connectivity index (χ2n) is 6.98. The lowest BCUT2D eigenvalue weighted by molar-refractivity contribution is -0.156. The highest BCUT2D eigenvalue weighted by Gasteiger charge is 2.48. The molecule has 0 bridgehead atoms. The number of carbonyl (C=O) groups is 3. The molecule has 158 valence electrons. The normalized spacial score (nSPS) is 29.9. The summed E-state index contributed by atoms with van der Waals surface area (Å²) in [5.41, 5.74) is 1.49. The first-order valence-electron chi connectivity index (χ1n) is 9.68. The monoisotopic (exact) mass is 404 g/mol. The van der Waals surface area contributed by atoms with Crippen LogP contribution in [0, 0.1) is 5.92 Å². The van der Waals surface area contributed by atoms with Crippen molar-refractivity contribution >= 4 is 18.2 Å². The van der Waals surface area contributed by atoms with Gasteiger partial charge >= 0.3 is 11.9 Å². The van der Waals surface area contributed by atoms with Crippen LogP contribution in [0.2, 0.25) is 0 Å². The zero-order valence-electron chi connectivity index (χ0n) is 17.1. The lowest BCUT2D eigenvalue weighted by atomic mass is 9.83. The first-order valence-corrected chi connectivity index (χ1v) is 9.68. The van der Waals surface area contributed by atoms with Crippen molar-refractivity contribution in [1.29, 1.82) is 0 Å². The summed E-state index contributed by atoms with van der Waals surface area (Å²) in [4.78, 5) is 36.7. The maximum Gasteiger partial charge on any atom is 0.334 e. The number of hydrogen-bond acceptors (Lipinski definition) is 7. The quantitative estimate of drug-likeness (QED) is 0.314. The Hall–Kier alpha value is -2.51. The molecule has 1 heterocycles. The molecule has 2 rings (SSSR count). The molecular weight excluding hydrogens is 376 g/mol. The Bertz CT molecular complexity index is 759. The van der Waals surface area contributed by atoms with Crippen LogP contribution in [0.4, 0.5) is 0 Å². The first-order chi connectivity index (χ1) is 13.9. The fourth-order valence-corrected chi connectivity index (χ4v) is 3.45. The van der Waals surface area contributed by atoms with Crippen LogP contribution in [0.15, 0.2) is 47.1 Å². The molecular formula is C22H28O7. The molecule has 1 N–H and O–H groups in total. The Kier molecular flexibility index (Phi) is 8.10. The maximum absolute atomic E-state index is 12.6. The van der Waals surface area contributed by atoms with Gasteiger partial charge < -0.3 is 19.3 Å². The van der Waals surface area contributed by atoms with Gasteiger partial charge in [0.1, 0.15) is 24.6 Å². The van der Waals surface area contributed by atoms with E-state index in [-0.39, 0.29) is 18.8 Å². The molecule has 0 radical (unpaired) electrons. The minimum absolute atomic E-state index is 0.134. The Balaban J connectivity index is 2.61. The van der Waals surface area contributed by atoms with E-state index in [1.807, 2.05) is 0 Å². The number of aldehydes is 1. The molecule has 1 fully saturated rings. The fraction of sp³-hybridized carbons (Fsp3) is 0.500. The van der Waals surface area contributed by atoms with Gasteiger partial charge in [-0.15, -0.1) is 0 Å². The molecule has 2 aliphatic rings. The van der Waals surface area contributed by atoms with Crippen molar-refractivity contribution in [3.8, 4) is 0 Å². The molecule has 0 aromatic rings. The van der Waals surface area contributed by atoms with Crippen molar-refractivity contribution in [1.82, 2.24) is 0 Å². The Labute approximate surface area is 170 Å². The van der Waals surface area contributed by atoms with E-state index < -0.39 is 36.2 Å². The minimum Gasteiger partial charge on any atom is -0.455 e. The van der Waals surface area contributed by atoms with Crippen molar-refractivity contribution in [2.45, 2.75) is 51.9 Å². The van der Waals surface area contributed by atoms with Gasteiger partial charge in [-0.05, 0) is 45.3 Å². The number of hydrogen-bond donors (Lipinski definition) is 1. The summed E-state index contributed by atoms with van der Waals surface area (Å²) in [5, 5.41) is 9.66. The van der Waals surface area contributed by atoms with E-state index in [1.165, 1.54) is 0 Å². The standard InChI is InChI=1S/C22H28O7/c1-5-13(3)21(25)29-20-18-14(4)22(26)28-17(18)10-15(11-23)8-7-9-16(12-24)19(20)27-6-2/h5,9-10,12,17-20,23H,4,6-8,11H2,1-3H3/b13-5-,15-10?,16-9+/t17-,18+,19+,20+/m1/s1. The third kappa shape index (κ3) is 5.10. The number of fused-ring (bicyclic) bond motifs is 1. The summed E-state index contributed by atoms with van der Waals surface area (Å²) in [6, 6.07) is 0. The minimum atomic E-state index is -1.01. The number of rotatable bonds is 6. The smallest absolute Gasteiger partial charge is 0.334 e. The predicted octanol–water partition coefficient (Wildman–Crippen LogP) is 2.21. The summed E-state index contributed by atoms with van der Waals surface area (Å²) in [6.45, 7) is 8.97. The second-order valence-corrected chi connectivity index (χ2v) is 6.98. The average Bonchev–Trinajstić information content (AvgIpc) is 2.99. The Morgan fingerprint density at radius 3 is 2.76 bits per heavy atom. The number of esters is 2. The molecule has 4 atom stereocenters. The van der Waals surface area contributed by atoms with Crippen LogP contribution in [0.3, 0.4) is 0 Å². The highest BCUT2D eigenvalue weighted by molar-refractivity contribution is 5.92. The number of aliphatic hydroxyl groups is 1. The van der Waals surface area contributed by atoms with E-state index in [4.69, 9.17) is 14.2 Å². The van der Waals surface area contributed by atoms with Gasteiger partial charge in [-0.1, -0.05) is 18.7 Å². The Morgan fingerprint density at radius 1 is 1.45 bits per heavy atom. The van der Waals surface area contributed by atoms with Crippen molar-refractivity contribution in [3.63, 3.8) is 0 Å². The third-order valence-corrected chi connectivity index (χ3v) is 5.17. The predicted molar refractivity (Wildman–Crippen MR) is 106 cm³/mol. The number of carbonyl (C=O) groups excluding carboxylic acids is 3. The number of aliphatic hydroxyl groups excluding tert-OH is 1. The van der Waals surface area contributed by atoms with E-state index in [9.17, 15) is 19.5 Å². The molecule has 29 heavy (non-hydrogen) atoms. The van der Waals surface area contributed by atoms with Gasteiger partial charge in [0.25, 0.3) is 0 Å². The molecule has 0 aromatic heterocycles. The highest BCUT2D eigenvalue weighted by atomic mass is 16.6. The van der Waals surface area contributed by atoms with Crippen molar-refractivity contribution < 1.29 is 33.7 Å². The van der Waals surface area contributed by atoms with Crippen LogP contribution in [0.1, 0.15) is 33.6 Å². The maximum atomic E-state index is 12.6. The molecule has 0 unspecified atom stereocenters. The lowest BCUT2D eigenvalue weighted by Crippen LogP contribution is -2.44. The van der Waals surface area contributed by atoms with Crippen LogP contribution < -0.4 is 0 Å². The van der Waals surface area contributed by atoms with Gasteiger partial charge in [0, 0.05) is 23.3 Å². The van der Waals surface area contributed by atoms with E-state index in [2.05, 4.69) is 6.58 Å². The van der Waals surface area contributed by atoms with E-state index in [0.717, 1.165) is 0 Å². The largest absolute Gasteiger partial charge is 0.455 e. The van der Waals surface area contributed by atoms with Crippen molar-refractivity contribution in [2.24, 2.45) is 5.92 Å². The van der Waals surface area contributed by atoms with Gasteiger partial charge in [-0.25, -0.2) is 9.59 Å². The molecule has 7 heteroatoms. The molecule has 1 saturated heterocycles. The molecule has 0 saturated carbocycles. The van der Waals surface area contributed by atoms with Gasteiger partial charge in [0.2, 0.25) is 0 Å². The molecule has 1 aliphatic carbocycles. The summed E-state index contributed by atoms with van der Waals surface area (Å²) >= 11 is 0. The van der Waals surface area contributed by atoms with Gasteiger partial charge in [-0.3, -0.25) is 4.79 Å². The zero-order valence-corrected chi connectivity index (χ0v) is 17.1. The van der Waals surface area contributed by atoms with Crippen LogP contribution in [-0.4, -0.2) is 54.9 Å². The first kappa shape index (κ1) is 22.8. The molecule has 7 nitrogen and oxygen atoms in total. The zero-order chi connectivity index (χ0) is 21.6. The molecule has 0 aromatic carbocycles. The van der Waals surface area contributed by atoms with Crippen LogP contribution >= 0.6 is 0 Å². The van der Waals surface area contributed by atoms with Gasteiger partial charge in [-0.2, -0.15) is 0 Å². The van der Waals surface area contributed by atoms with Crippen LogP contribution in [0.25, 0.3) is 0 Å². The fourth-order valence-electron chi connectivity index (χ4n) is 3.45. The van der Waals surface area contributed by atoms with Crippen molar-refractivity contribution in [2.75, 3.05) is 13.2 Å². The van der Waals surface area contributed by atoms with Crippen LogP contribution in [-0.2, 0) is 28.6 Å².